The highest BCUT2D eigenvalue weighted by Crippen LogP contribution is 2.43. The van der Waals surface area contributed by atoms with E-state index in [0.717, 1.165) is 17.7 Å². The molecule has 46 heavy (non-hydrogen) atoms. The quantitative estimate of drug-likeness (QED) is 0.314. The average Bonchev–Trinajstić information content (AvgIpc) is 3.31. The fraction of sp³-hybridized carbons (Fsp3) is 0.607. The maximum atomic E-state index is 14.1. The minimum atomic E-state index is -4.71. The molecular formula is C28H30F5N9O4. The molecule has 0 aromatic carbocycles. The molecule has 3 atom stereocenters. The smallest absolute Gasteiger partial charge is 0.342 e. The second-order valence-corrected chi connectivity index (χ2v) is 12.6. The zero-order valence-corrected chi connectivity index (χ0v) is 24.3. The first kappa shape index (κ1) is 30.3. The summed E-state index contributed by atoms with van der Waals surface area (Å²) in [4.78, 5) is 44.9. The van der Waals surface area contributed by atoms with Crippen LogP contribution in [0.2, 0.25) is 0 Å². The number of hydrogen-bond donors (Lipinski definition) is 3. The van der Waals surface area contributed by atoms with Crippen LogP contribution in [-0.2, 0) is 11.2 Å². The first-order chi connectivity index (χ1) is 21.8. The minimum absolute atomic E-state index is 0.0288. The van der Waals surface area contributed by atoms with Gasteiger partial charge in [0.25, 0.3) is 5.91 Å². The molecule has 246 valence electrons. The van der Waals surface area contributed by atoms with Crippen molar-refractivity contribution in [2.45, 2.75) is 87.0 Å². The summed E-state index contributed by atoms with van der Waals surface area (Å²) in [6, 6.07) is -2.03. The monoisotopic (exact) mass is 651 g/mol. The maximum Gasteiger partial charge on any atom is 0.408 e. The molecule has 5 heterocycles. The number of fused-ring (bicyclic) bond motifs is 1. The van der Waals surface area contributed by atoms with Gasteiger partial charge in [-0.05, 0) is 48.4 Å². The van der Waals surface area contributed by atoms with E-state index in [-0.39, 0.29) is 62.5 Å². The van der Waals surface area contributed by atoms with Gasteiger partial charge in [-0.2, -0.15) is 18.3 Å². The molecule has 4 fully saturated rings. The molecule has 7 rings (SSSR count). The highest BCUT2D eigenvalue weighted by Gasteiger charge is 2.59. The molecule has 2 saturated carbocycles. The fourth-order valence-electron chi connectivity index (χ4n) is 6.87. The molecule has 4 aliphatic rings. The minimum Gasteiger partial charge on any atom is -0.342 e. The summed E-state index contributed by atoms with van der Waals surface area (Å²) in [5.74, 6) is -4.63. The van der Waals surface area contributed by atoms with Crippen LogP contribution in [0.1, 0.15) is 84.3 Å². The van der Waals surface area contributed by atoms with Gasteiger partial charge in [-0.15, -0.1) is 0 Å². The van der Waals surface area contributed by atoms with E-state index in [1.165, 1.54) is 10.7 Å². The normalized spacial score (nSPS) is 25.9. The second-order valence-electron chi connectivity index (χ2n) is 12.6. The van der Waals surface area contributed by atoms with E-state index < -0.39 is 59.9 Å². The van der Waals surface area contributed by atoms with Gasteiger partial charge >= 0.3 is 12.2 Å². The Bertz CT molecular complexity index is 1680. The van der Waals surface area contributed by atoms with Crippen LogP contribution in [0, 0.1) is 5.92 Å². The van der Waals surface area contributed by atoms with Crippen molar-refractivity contribution in [1.29, 1.82) is 0 Å². The number of halogens is 5. The number of urea groups is 1. The molecule has 2 saturated heterocycles. The topological polar surface area (TPSA) is 160 Å². The van der Waals surface area contributed by atoms with Crippen LogP contribution in [0.25, 0.3) is 5.65 Å². The number of carbonyl (C=O) groups is 3. The zero-order chi connectivity index (χ0) is 32.4. The zero-order valence-electron chi connectivity index (χ0n) is 24.3. The van der Waals surface area contributed by atoms with Gasteiger partial charge in [-0.25, -0.2) is 27.7 Å². The molecule has 4 amide bonds. The molecule has 18 heteroatoms. The third kappa shape index (κ3) is 5.50. The molecule has 2 aliphatic heterocycles. The number of amides is 4. The maximum absolute atomic E-state index is 14.1. The lowest BCUT2D eigenvalue weighted by atomic mass is 9.81. The van der Waals surface area contributed by atoms with Crippen LogP contribution in [-0.4, -0.2) is 84.4 Å². The Labute approximate surface area is 257 Å². The molecule has 13 nitrogen and oxygen atoms in total. The first-order valence-electron chi connectivity index (χ1n) is 15.1. The van der Waals surface area contributed by atoms with Gasteiger partial charge in [-0.1, -0.05) is 5.16 Å². The SMILES string of the molecule is O=C(N[C@H](c1cn2ncc(C[C@@]3(N4CCNC4=O)C[C@@H](C(F)(F)F)NC3=O)cc2n1)C1CCC(F)(F)CC1)c1nonc1C1CC1. The number of imidazole rings is 1. The van der Waals surface area contributed by atoms with Gasteiger partial charge in [0.15, 0.2) is 11.3 Å². The molecule has 3 aromatic rings. The van der Waals surface area contributed by atoms with Crippen molar-refractivity contribution in [3.8, 4) is 0 Å². The standard InChI is InChI=1S/C28H30F5N9O4/c29-27(30)5-3-16(4-6-27)20(38-23(43)22-21(15-1-2-15)39-46-40-22)17-13-42-19(36-17)9-14(12-35-42)10-26(41-8-7-34-25(41)45)11-18(28(31,32)33)37-24(26)44/h9,12-13,15-16,18,20H,1-8,10-11H2,(H,34,45)(H,37,44)(H,38,43)/t18-,20-,26+/m0/s1. The number of nitrogens with one attached hydrogen (secondary N) is 3. The van der Waals surface area contributed by atoms with E-state index in [1.54, 1.807) is 12.3 Å². The van der Waals surface area contributed by atoms with Gasteiger partial charge in [0, 0.05) is 44.7 Å². The molecular weight excluding hydrogens is 621 g/mol. The van der Waals surface area contributed by atoms with Gasteiger partial charge < -0.3 is 20.9 Å². The highest BCUT2D eigenvalue weighted by atomic mass is 19.4. The van der Waals surface area contributed by atoms with Gasteiger partial charge in [0.1, 0.15) is 17.3 Å². The Balaban J connectivity index is 1.19. The van der Waals surface area contributed by atoms with Crippen LogP contribution in [0.15, 0.2) is 23.1 Å². The van der Waals surface area contributed by atoms with Crippen molar-refractivity contribution in [3.63, 3.8) is 0 Å². The molecule has 3 N–H and O–H groups in total. The van der Waals surface area contributed by atoms with Crippen LogP contribution < -0.4 is 16.0 Å². The summed E-state index contributed by atoms with van der Waals surface area (Å²) in [6.45, 7) is 0.226. The third-order valence-corrected chi connectivity index (χ3v) is 9.46. The molecule has 0 spiro atoms. The fourth-order valence-corrected chi connectivity index (χ4v) is 6.87. The second kappa shape index (κ2) is 10.9. The van der Waals surface area contributed by atoms with Crippen LogP contribution in [0.4, 0.5) is 26.7 Å². The summed E-state index contributed by atoms with van der Waals surface area (Å²) in [5.41, 5.74) is -0.408. The predicted molar refractivity (Wildman–Crippen MR) is 146 cm³/mol. The number of nitrogens with zero attached hydrogens (tertiary/aromatic N) is 6. The van der Waals surface area contributed by atoms with Gasteiger partial charge in [-0.3, -0.25) is 9.59 Å². The van der Waals surface area contributed by atoms with Crippen LogP contribution in [0.5, 0.6) is 0 Å². The first-order valence-corrected chi connectivity index (χ1v) is 15.1. The van der Waals surface area contributed by atoms with Crippen molar-refractivity contribution in [1.82, 2.24) is 45.8 Å². The number of carbonyl (C=O) groups excluding carboxylic acids is 3. The van der Waals surface area contributed by atoms with E-state index in [2.05, 4.69) is 31.0 Å². The van der Waals surface area contributed by atoms with Crippen molar-refractivity contribution >= 4 is 23.5 Å². The van der Waals surface area contributed by atoms with Crippen molar-refractivity contribution in [2.75, 3.05) is 13.1 Å². The Morgan fingerprint density at radius 2 is 1.91 bits per heavy atom. The summed E-state index contributed by atoms with van der Waals surface area (Å²) in [6.07, 6.45) is -1.50. The molecule has 3 aromatic heterocycles. The van der Waals surface area contributed by atoms with Crippen molar-refractivity contribution in [2.24, 2.45) is 5.92 Å². The van der Waals surface area contributed by atoms with Crippen LogP contribution in [0.3, 0.4) is 0 Å². The Kier molecular flexibility index (Phi) is 7.15. The Morgan fingerprint density at radius 3 is 2.57 bits per heavy atom. The molecule has 2 aliphatic carbocycles. The Morgan fingerprint density at radius 1 is 1.15 bits per heavy atom. The lowest BCUT2D eigenvalue weighted by Gasteiger charge is -2.35. The summed E-state index contributed by atoms with van der Waals surface area (Å²) < 4.78 is 75.4. The van der Waals surface area contributed by atoms with Gasteiger partial charge in [0.05, 0.1) is 24.1 Å². The van der Waals surface area contributed by atoms with E-state index >= 15 is 0 Å². The number of aromatic nitrogens is 5. The highest BCUT2D eigenvalue weighted by molar-refractivity contribution is 5.94. The Hall–Kier alpha value is -4.38. The van der Waals surface area contributed by atoms with Crippen molar-refractivity contribution < 1.29 is 41.0 Å². The lowest BCUT2D eigenvalue weighted by Crippen LogP contribution is -2.56. The van der Waals surface area contributed by atoms with E-state index in [4.69, 9.17) is 4.63 Å². The lowest BCUT2D eigenvalue weighted by molar-refractivity contribution is -0.155. The van der Waals surface area contributed by atoms with Crippen LogP contribution >= 0.6 is 0 Å². The summed E-state index contributed by atoms with van der Waals surface area (Å²) in [7, 11) is 0. The number of rotatable bonds is 8. The number of hydrogen-bond acceptors (Lipinski definition) is 8. The third-order valence-electron chi connectivity index (χ3n) is 9.46. The largest absolute Gasteiger partial charge is 0.408 e. The van der Waals surface area contributed by atoms with Crippen molar-refractivity contribution in [3.05, 3.63) is 41.1 Å². The van der Waals surface area contributed by atoms with E-state index in [0.29, 0.717) is 17.0 Å². The molecule has 0 unspecified atom stereocenters. The number of alkyl halides is 5. The van der Waals surface area contributed by atoms with E-state index in [9.17, 15) is 36.3 Å². The summed E-state index contributed by atoms with van der Waals surface area (Å²) in [5, 5.41) is 19.4. The van der Waals surface area contributed by atoms with E-state index in [1.807, 2.05) is 5.32 Å². The average molecular weight is 652 g/mol. The predicted octanol–water partition coefficient (Wildman–Crippen LogP) is 3.04. The molecule has 0 radical (unpaired) electrons. The molecule has 0 bridgehead atoms. The van der Waals surface area contributed by atoms with Gasteiger partial charge in [0.2, 0.25) is 11.8 Å². The summed E-state index contributed by atoms with van der Waals surface area (Å²) >= 11 is 0.